The molecule has 0 spiro atoms. The minimum absolute atomic E-state index is 0.268. The first-order valence-electron chi connectivity index (χ1n) is 12.3. The van der Waals surface area contributed by atoms with Gasteiger partial charge in [-0.1, -0.05) is 6.07 Å². The maximum atomic E-state index is 12.3. The number of pyridine rings is 1. The van der Waals surface area contributed by atoms with Crippen LogP contribution in [0.4, 0.5) is 10.6 Å². The molecule has 0 bridgehead atoms. The summed E-state index contributed by atoms with van der Waals surface area (Å²) in [4.78, 5) is 32.7. The van der Waals surface area contributed by atoms with Crippen LogP contribution in [-0.2, 0) is 22.4 Å². The predicted octanol–water partition coefficient (Wildman–Crippen LogP) is 2.36. The van der Waals surface area contributed by atoms with E-state index in [1.807, 2.05) is 0 Å². The van der Waals surface area contributed by atoms with Crippen LogP contribution in [0, 0.1) is 0 Å². The van der Waals surface area contributed by atoms with Gasteiger partial charge in [-0.15, -0.1) is 0 Å². The largest absolute Gasteiger partial charge is 0.480 e. The minimum atomic E-state index is -0.985. The van der Waals surface area contributed by atoms with Gasteiger partial charge in [0.25, 0.3) is 0 Å². The summed E-state index contributed by atoms with van der Waals surface area (Å²) >= 11 is 0. The van der Waals surface area contributed by atoms with E-state index < -0.39 is 12.0 Å². The van der Waals surface area contributed by atoms with Crippen molar-refractivity contribution in [2.75, 3.05) is 58.3 Å². The summed E-state index contributed by atoms with van der Waals surface area (Å²) in [7, 11) is 1.67. The molecule has 1 unspecified atom stereocenters. The summed E-state index contributed by atoms with van der Waals surface area (Å²) in [6.45, 7) is 5.19. The van der Waals surface area contributed by atoms with Gasteiger partial charge in [0.05, 0.1) is 6.61 Å². The lowest BCUT2D eigenvalue weighted by Crippen LogP contribution is -2.48. The fourth-order valence-electron chi connectivity index (χ4n) is 4.43. The maximum Gasteiger partial charge on any atom is 0.326 e. The van der Waals surface area contributed by atoms with Crippen molar-refractivity contribution < 1.29 is 19.4 Å². The van der Waals surface area contributed by atoms with Gasteiger partial charge in [-0.2, -0.15) is 0 Å². The number of fused-ring (bicyclic) bond motifs is 1. The smallest absolute Gasteiger partial charge is 0.326 e. The number of carbonyl (C=O) groups excluding carboxylic acids is 1. The lowest BCUT2D eigenvalue weighted by Gasteiger charge is -2.25. The zero-order chi connectivity index (χ0) is 23.5. The first-order chi connectivity index (χ1) is 16.1. The third-order valence-electron chi connectivity index (χ3n) is 6.44. The first-order valence-corrected chi connectivity index (χ1v) is 12.3. The topological polar surface area (TPSA) is 107 Å². The number of anilines is 1. The number of carbonyl (C=O) groups is 2. The highest BCUT2D eigenvalue weighted by Gasteiger charge is 2.25. The van der Waals surface area contributed by atoms with E-state index in [1.54, 1.807) is 12.0 Å². The number of amides is 2. The molecular formula is C24H39N5O4. The van der Waals surface area contributed by atoms with Crippen molar-refractivity contribution >= 4 is 17.8 Å². The number of hydrogen-bond donors (Lipinski definition) is 3. The molecule has 1 saturated heterocycles. The second kappa shape index (κ2) is 13.3. The van der Waals surface area contributed by atoms with Gasteiger partial charge in [0, 0.05) is 45.5 Å². The number of methoxy groups -OCH3 is 1. The second-order valence-electron chi connectivity index (χ2n) is 8.96. The van der Waals surface area contributed by atoms with Gasteiger partial charge in [-0.05, 0) is 69.5 Å². The second-order valence-corrected chi connectivity index (χ2v) is 8.96. The maximum absolute atomic E-state index is 12.3. The Balaban J connectivity index is 1.43. The van der Waals surface area contributed by atoms with Crippen molar-refractivity contribution in [1.29, 1.82) is 0 Å². The predicted molar refractivity (Wildman–Crippen MR) is 128 cm³/mol. The number of rotatable bonds is 13. The fraction of sp³-hybridized carbons (Fsp3) is 0.708. The highest BCUT2D eigenvalue weighted by atomic mass is 16.5. The van der Waals surface area contributed by atoms with E-state index in [9.17, 15) is 14.7 Å². The zero-order valence-corrected chi connectivity index (χ0v) is 19.9. The molecule has 1 aromatic heterocycles. The standard InChI is InChI=1S/C24H39N5O4/c1-33-18-17-28(16-11-21(23(30)31)27-24(32)29-14-4-5-15-29)13-3-2-8-20-10-9-19-7-6-12-25-22(19)26-20/h9-10,21H,2-8,11-18H2,1H3,(H,25,26)(H,27,32)(H,30,31). The molecule has 2 aliphatic heterocycles. The first kappa shape index (κ1) is 25.2. The van der Waals surface area contributed by atoms with E-state index in [-0.39, 0.29) is 6.03 Å². The van der Waals surface area contributed by atoms with Crippen molar-refractivity contribution in [3.05, 3.63) is 23.4 Å². The summed E-state index contributed by atoms with van der Waals surface area (Å²) in [5, 5.41) is 15.7. The number of ether oxygens (including phenoxy) is 1. The van der Waals surface area contributed by atoms with E-state index in [4.69, 9.17) is 9.72 Å². The van der Waals surface area contributed by atoms with E-state index >= 15 is 0 Å². The number of aryl methyl sites for hydroxylation is 2. The monoisotopic (exact) mass is 461 g/mol. The van der Waals surface area contributed by atoms with Crippen LogP contribution in [0.3, 0.4) is 0 Å². The summed E-state index contributed by atoms with van der Waals surface area (Å²) in [5.41, 5.74) is 2.42. The lowest BCUT2D eigenvalue weighted by atomic mass is 10.1. The molecule has 184 valence electrons. The van der Waals surface area contributed by atoms with Gasteiger partial charge in [-0.25, -0.2) is 14.6 Å². The number of hydrogen-bond acceptors (Lipinski definition) is 6. The van der Waals surface area contributed by atoms with Gasteiger partial charge < -0.3 is 30.3 Å². The number of carboxylic acids is 1. The van der Waals surface area contributed by atoms with Crippen LogP contribution >= 0.6 is 0 Å². The summed E-state index contributed by atoms with van der Waals surface area (Å²) in [6, 6.07) is 3.18. The van der Waals surface area contributed by atoms with E-state index in [0.29, 0.717) is 32.7 Å². The molecule has 33 heavy (non-hydrogen) atoms. The molecule has 9 heteroatoms. The lowest BCUT2D eigenvalue weighted by molar-refractivity contribution is -0.139. The Morgan fingerprint density at radius 2 is 2.03 bits per heavy atom. The van der Waals surface area contributed by atoms with Crippen LogP contribution in [0.25, 0.3) is 0 Å². The summed E-state index contributed by atoms with van der Waals surface area (Å²) < 4.78 is 5.24. The molecule has 2 aliphatic rings. The number of aliphatic carboxylic acids is 1. The molecule has 1 atom stereocenters. The number of aromatic nitrogens is 1. The number of unbranched alkanes of at least 4 members (excludes halogenated alkanes) is 1. The van der Waals surface area contributed by atoms with E-state index in [2.05, 4.69) is 27.7 Å². The normalized spacial score (nSPS) is 16.4. The average molecular weight is 462 g/mol. The molecule has 0 aromatic carbocycles. The number of urea groups is 1. The Morgan fingerprint density at radius 1 is 1.21 bits per heavy atom. The minimum Gasteiger partial charge on any atom is -0.480 e. The van der Waals surface area contributed by atoms with Gasteiger partial charge in [0.15, 0.2) is 0 Å². The molecular weight excluding hydrogens is 422 g/mol. The molecule has 1 aromatic rings. The highest BCUT2D eigenvalue weighted by molar-refractivity contribution is 5.82. The molecule has 0 saturated carbocycles. The van der Waals surface area contributed by atoms with Crippen molar-refractivity contribution in [2.45, 2.75) is 57.4 Å². The Labute approximate surface area is 196 Å². The summed E-state index contributed by atoms with van der Waals surface area (Å²) in [6.07, 6.45) is 7.53. The molecule has 3 N–H and O–H groups in total. The van der Waals surface area contributed by atoms with Crippen molar-refractivity contribution in [2.24, 2.45) is 0 Å². The third-order valence-corrected chi connectivity index (χ3v) is 6.44. The van der Waals surface area contributed by atoms with Crippen molar-refractivity contribution in [3.8, 4) is 0 Å². The molecule has 0 aliphatic carbocycles. The molecule has 1 fully saturated rings. The Kier molecular flexibility index (Phi) is 10.2. The highest BCUT2D eigenvalue weighted by Crippen LogP contribution is 2.20. The number of carboxylic acid groups (broad SMARTS) is 1. The van der Waals surface area contributed by atoms with Crippen molar-refractivity contribution in [3.63, 3.8) is 0 Å². The van der Waals surface area contributed by atoms with Crippen LogP contribution in [0.15, 0.2) is 12.1 Å². The van der Waals surface area contributed by atoms with E-state index in [1.165, 1.54) is 5.56 Å². The Morgan fingerprint density at radius 3 is 2.79 bits per heavy atom. The molecule has 0 radical (unpaired) electrons. The van der Waals surface area contributed by atoms with Crippen LogP contribution in [-0.4, -0.2) is 90.9 Å². The average Bonchev–Trinajstić information content (AvgIpc) is 3.37. The van der Waals surface area contributed by atoms with Crippen molar-refractivity contribution in [1.82, 2.24) is 20.1 Å². The molecule has 2 amide bonds. The van der Waals surface area contributed by atoms with Gasteiger partial charge in [0.1, 0.15) is 11.9 Å². The van der Waals surface area contributed by atoms with Gasteiger partial charge in [-0.3, -0.25) is 0 Å². The van der Waals surface area contributed by atoms with Crippen LogP contribution in [0.5, 0.6) is 0 Å². The Bertz CT molecular complexity index is 769. The molecule has 3 heterocycles. The number of nitrogens with zero attached hydrogens (tertiary/aromatic N) is 3. The van der Waals surface area contributed by atoms with Gasteiger partial charge >= 0.3 is 12.0 Å². The molecule has 9 nitrogen and oxygen atoms in total. The summed E-state index contributed by atoms with van der Waals surface area (Å²) in [5.74, 6) is 0.0532. The Hall–Kier alpha value is -2.39. The van der Waals surface area contributed by atoms with Crippen LogP contribution in [0.2, 0.25) is 0 Å². The zero-order valence-electron chi connectivity index (χ0n) is 19.9. The third kappa shape index (κ3) is 8.16. The van der Waals surface area contributed by atoms with Crippen LogP contribution in [0.1, 0.15) is 49.8 Å². The van der Waals surface area contributed by atoms with E-state index in [0.717, 1.165) is 76.1 Å². The van der Waals surface area contributed by atoms with Crippen LogP contribution < -0.4 is 10.6 Å². The quantitative estimate of drug-likeness (QED) is 0.387. The fourth-order valence-corrected chi connectivity index (χ4v) is 4.43. The van der Waals surface area contributed by atoms with Gasteiger partial charge in [0.2, 0.25) is 0 Å². The molecule has 3 rings (SSSR count). The number of nitrogens with one attached hydrogen (secondary N) is 2. The number of likely N-dealkylation sites (tertiary alicyclic amines) is 1. The SMILES string of the molecule is COCCN(CCCCc1ccc2c(n1)NCCC2)CCC(NC(=O)N1CCCC1)C(=O)O.